The van der Waals surface area contributed by atoms with E-state index in [0.717, 1.165) is 5.56 Å². The van der Waals surface area contributed by atoms with Gasteiger partial charge in [-0.15, -0.1) is 0 Å². The summed E-state index contributed by atoms with van der Waals surface area (Å²) in [5.41, 5.74) is 0.891. The monoisotopic (exact) mass is 219 g/mol. The molecule has 0 atom stereocenters. The SMILES string of the molecule is Oc1ccc(CCNCC(F)(F)F)cc1. The molecule has 2 N–H and O–H groups in total. The molecule has 0 amide bonds. The average molecular weight is 219 g/mol. The first-order valence-corrected chi connectivity index (χ1v) is 4.53. The van der Waals surface area contributed by atoms with Gasteiger partial charge in [0.1, 0.15) is 5.75 Å². The van der Waals surface area contributed by atoms with Crippen molar-refractivity contribution < 1.29 is 18.3 Å². The second-order valence-corrected chi connectivity index (χ2v) is 3.21. The van der Waals surface area contributed by atoms with Crippen LogP contribution in [0.5, 0.6) is 5.75 Å². The fourth-order valence-corrected chi connectivity index (χ4v) is 1.13. The van der Waals surface area contributed by atoms with Crippen LogP contribution < -0.4 is 5.32 Å². The Labute approximate surface area is 85.7 Å². The molecule has 1 aromatic rings. The van der Waals surface area contributed by atoms with Crippen LogP contribution in [0.3, 0.4) is 0 Å². The van der Waals surface area contributed by atoms with Crippen LogP contribution >= 0.6 is 0 Å². The van der Waals surface area contributed by atoms with Gasteiger partial charge in [-0.2, -0.15) is 13.2 Å². The minimum Gasteiger partial charge on any atom is -0.508 e. The number of hydrogen-bond donors (Lipinski definition) is 2. The summed E-state index contributed by atoms with van der Waals surface area (Å²) >= 11 is 0. The Bertz CT molecular complexity index is 295. The number of aromatic hydroxyl groups is 1. The van der Waals surface area contributed by atoms with Gasteiger partial charge in [-0.1, -0.05) is 12.1 Å². The molecule has 0 saturated carbocycles. The van der Waals surface area contributed by atoms with Gasteiger partial charge >= 0.3 is 6.18 Å². The molecule has 1 rings (SSSR count). The summed E-state index contributed by atoms with van der Waals surface area (Å²) in [6.45, 7) is -0.699. The van der Waals surface area contributed by atoms with Gasteiger partial charge in [0.2, 0.25) is 0 Å². The summed E-state index contributed by atoms with van der Waals surface area (Å²) < 4.78 is 35.2. The molecule has 2 nitrogen and oxygen atoms in total. The number of rotatable bonds is 4. The molecule has 0 spiro atoms. The van der Waals surface area contributed by atoms with Crippen molar-refractivity contribution in [3.05, 3.63) is 29.8 Å². The van der Waals surface area contributed by atoms with Crippen molar-refractivity contribution >= 4 is 0 Å². The van der Waals surface area contributed by atoms with Crippen molar-refractivity contribution in [1.29, 1.82) is 0 Å². The summed E-state index contributed by atoms with van der Waals surface area (Å²) in [4.78, 5) is 0. The highest BCUT2D eigenvalue weighted by atomic mass is 19.4. The van der Waals surface area contributed by atoms with Crippen LogP contribution in [0.1, 0.15) is 5.56 Å². The summed E-state index contributed by atoms with van der Waals surface area (Å²) in [6.07, 6.45) is -3.65. The minimum atomic E-state index is -4.16. The maximum absolute atomic E-state index is 11.7. The van der Waals surface area contributed by atoms with E-state index in [1.54, 1.807) is 12.1 Å². The van der Waals surface area contributed by atoms with Gasteiger partial charge in [0.15, 0.2) is 0 Å². The molecular formula is C10H12F3NO. The lowest BCUT2D eigenvalue weighted by atomic mass is 10.1. The second kappa shape index (κ2) is 5.02. The Morgan fingerprint density at radius 2 is 1.73 bits per heavy atom. The first-order chi connectivity index (χ1) is 6.97. The molecule has 0 aromatic heterocycles. The highest BCUT2D eigenvalue weighted by Crippen LogP contribution is 2.12. The Morgan fingerprint density at radius 1 is 1.13 bits per heavy atom. The molecule has 0 saturated heterocycles. The van der Waals surface area contributed by atoms with Gasteiger partial charge in [0.05, 0.1) is 6.54 Å². The van der Waals surface area contributed by atoms with Crippen LogP contribution in [-0.2, 0) is 6.42 Å². The lowest BCUT2D eigenvalue weighted by molar-refractivity contribution is -0.124. The highest BCUT2D eigenvalue weighted by Gasteiger charge is 2.25. The van der Waals surface area contributed by atoms with Crippen LogP contribution in [0.25, 0.3) is 0 Å². The zero-order chi connectivity index (χ0) is 11.3. The molecule has 15 heavy (non-hydrogen) atoms. The van der Waals surface area contributed by atoms with E-state index in [4.69, 9.17) is 5.11 Å². The van der Waals surface area contributed by atoms with E-state index in [-0.39, 0.29) is 12.3 Å². The molecule has 0 unspecified atom stereocenters. The van der Waals surface area contributed by atoms with Crippen LogP contribution in [0.2, 0.25) is 0 Å². The summed E-state index contributed by atoms with van der Waals surface area (Å²) in [5, 5.41) is 11.3. The van der Waals surface area contributed by atoms with Gasteiger partial charge in [-0.05, 0) is 30.7 Å². The van der Waals surface area contributed by atoms with E-state index >= 15 is 0 Å². The Balaban J connectivity index is 2.23. The summed E-state index contributed by atoms with van der Waals surface area (Å²) in [5.74, 6) is 0.155. The molecule has 0 bridgehead atoms. The number of benzene rings is 1. The maximum Gasteiger partial charge on any atom is 0.401 e. The fraction of sp³-hybridized carbons (Fsp3) is 0.400. The number of nitrogens with one attached hydrogen (secondary N) is 1. The molecule has 0 aliphatic carbocycles. The van der Waals surface area contributed by atoms with Gasteiger partial charge < -0.3 is 10.4 Å². The molecular weight excluding hydrogens is 207 g/mol. The first-order valence-electron chi connectivity index (χ1n) is 4.53. The van der Waals surface area contributed by atoms with Gasteiger partial charge in [-0.25, -0.2) is 0 Å². The summed E-state index contributed by atoms with van der Waals surface area (Å²) in [7, 11) is 0. The normalized spacial score (nSPS) is 11.7. The van der Waals surface area contributed by atoms with E-state index in [0.29, 0.717) is 6.42 Å². The van der Waals surface area contributed by atoms with Crippen molar-refractivity contribution in [1.82, 2.24) is 5.32 Å². The Kier molecular flexibility index (Phi) is 3.96. The predicted octanol–water partition coefficient (Wildman–Crippen LogP) is 2.09. The van der Waals surface area contributed by atoms with Crippen LogP contribution in [0.4, 0.5) is 13.2 Å². The molecule has 5 heteroatoms. The molecule has 0 radical (unpaired) electrons. The number of alkyl halides is 3. The van der Waals surface area contributed by atoms with Crippen molar-refractivity contribution in [2.45, 2.75) is 12.6 Å². The van der Waals surface area contributed by atoms with E-state index < -0.39 is 12.7 Å². The predicted molar refractivity (Wildman–Crippen MR) is 50.7 cm³/mol. The number of halogens is 3. The summed E-state index contributed by atoms with van der Waals surface area (Å²) in [6, 6.07) is 6.40. The third-order valence-electron chi connectivity index (χ3n) is 1.85. The number of phenolic OH excluding ortho intramolecular Hbond substituents is 1. The van der Waals surface area contributed by atoms with Crippen molar-refractivity contribution in [3.63, 3.8) is 0 Å². The average Bonchev–Trinajstić information content (AvgIpc) is 2.14. The van der Waals surface area contributed by atoms with Crippen molar-refractivity contribution in [3.8, 4) is 5.75 Å². The molecule has 0 fully saturated rings. The van der Waals surface area contributed by atoms with E-state index in [9.17, 15) is 13.2 Å². The van der Waals surface area contributed by atoms with E-state index in [1.807, 2.05) is 0 Å². The lowest BCUT2D eigenvalue weighted by Crippen LogP contribution is -2.30. The smallest absolute Gasteiger partial charge is 0.401 e. The third-order valence-corrected chi connectivity index (χ3v) is 1.85. The van der Waals surface area contributed by atoms with Crippen molar-refractivity contribution in [2.24, 2.45) is 0 Å². The zero-order valence-corrected chi connectivity index (χ0v) is 8.01. The number of hydrogen-bond acceptors (Lipinski definition) is 2. The quantitative estimate of drug-likeness (QED) is 0.760. The number of phenols is 1. The highest BCUT2D eigenvalue weighted by molar-refractivity contribution is 5.25. The Hall–Kier alpha value is -1.23. The van der Waals surface area contributed by atoms with Gasteiger partial charge in [0, 0.05) is 0 Å². The van der Waals surface area contributed by atoms with Crippen molar-refractivity contribution in [2.75, 3.05) is 13.1 Å². The molecule has 0 aliphatic rings. The van der Waals surface area contributed by atoms with Crippen LogP contribution in [0.15, 0.2) is 24.3 Å². The van der Waals surface area contributed by atoms with E-state index in [1.165, 1.54) is 12.1 Å². The fourth-order valence-electron chi connectivity index (χ4n) is 1.13. The third kappa shape index (κ3) is 5.27. The van der Waals surface area contributed by atoms with E-state index in [2.05, 4.69) is 5.32 Å². The second-order valence-electron chi connectivity index (χ2n) is 3.21. The minimum absolute atomic E-state index is 0.155. The molecule has 84 valence electrons. The van der Waals surface area contributed by atoms with Crippen LogP contribution in [-0.4, -0.2) is 24.4 Å². The van der Waals surface area contributed by atoms with Gasteiger partial charge in [-0.3, -0.25) is 0 Å². The largest absolute Gasteiger partial charge is 0.508 e. The maximum atomic E-state index is 11.7. The standard InChI is InChI=1S/C10H12F3NO/c11-10(12,13)7-14-6-5-8-1-3-9(15)4-2-8/h1-4,14-15H,5-7H2. The topological polar surface area (TPSA) is 32.3 Å². The molecule has 0 aliphatic heterocycles. The van der Waals surface area contributed by atoms with Crippen LogP contribution in [0, 0.1) is 0 Å². The zero-order valence-electron chi connectivity index (χ0n) is 8.01. The molecule has 1 aromatic carbocycles. The lowest BCUT2D eigenvalue weighted by Gasteiger charge is -2.07. The Morgan fingerprint density at radius 3 is 2.27 bits per heavy atom. The van der Waals surface area contributed by atoms with Gasteiger partial charge in [0.25, 0.3) is 0 Å². The molecule has 0 heterocycles. The first kappa shape index (κ1) is 11.8.